The molecule has 2 rings (SSSR count). The van der Waals surface area contributed by atoms with Crippen LogP contribution in [-0.2, 0) is 14.3 Å². The average Bonchev–Trinajstić information content (AvgIpc) is 2.91. The van der Waals surface area contributed by atoms with Gasteiger partial charge in [0.1, 0.15) is 5.78 Å². The lowest BCUT2D eigenvalue weighted by atomic mass is 10.3. The van der Waals surface area contributed by atoms with Crippen LogP contribution >= 0.6 is 47.0 Å². The van der Waals surface area contributed by atoms with E-state index >= 15 is 0 Å². The molecule has 0 unspecified atom stereocenters. The second-order valence-corrected chi connectivity index (χ2v) is 29.0. The van der Waals surface area contributed by atoms with Crippen molar-refractivity contribution in [3.8, 4) is 0 Å². The minimum absolute atomic E-state index is 0.287. The van der Waals surface area contributed by atoms with E-state index in [4.69, 9.17) is 9.47 Å². The van der Waals surface area contributed by atoms with Crippen molar-refractivity contribution in [1.29, 1.82) is 0 Å². The van der Waals surface area contributed by atoms with Gasteiger partial charge in [0, 0.05) is 20.0 Å². The van der Waals surface area contributed by atoms with Gasteiger partial charge in [0.25, 0.3) is 0 Å². The maximum Gasteiger partial charge on any atom is 0.188 e. The molecule has 2 aliphatic rings. The van der Waals surface area contributed by atoms with Crippen molar-refractivity contribution in [3.05, 3.63) is 12.3 Å². The van der Waals surface area contributed by atoms with Crippen molar-refractivity contribution in [1.82, 2.24) is 0 Å². The van der Waals surface area contributed by atoms with Gasteiger partial charge in [-0.15, -0.1) is 47.0 Å². The molecule has 0 spiro atoms. The highest BCUT2D eigenvalue weighted by atomic mass is 32.2. The summed E-state index contributed by atoms with van der Waals surface area (Å²) in [7, 11) is -0.986. The van der Waals surface area contributed by atoms with Crippen LogP contribution in [0.5, 0.6) is 0 Å². The fraction of sp³-hybridized carbons (Fsp3) is 0.893. The third kappa shape index (κ3) is 8.99. The molecule has 0 radical (unpaired) electrons. The van der Waals surface area contributed by atoms with Crippen molar-refractivity contribution in [2.24, 2.45) is 0 Å². The van der Waals surface area contributed by atoms with Gasteiger partial charge in [0.15, 0.2) is 6.79 Å². The zero-order valence-corrected chi connectivity index (χ0v) is 30.4. The number of allylic oxidation sites excluding steroid dienone is 1. The number of ketones is 1. The van der Waals surface area contributed by atoms with Crippen molar-refractivity contribution in [2.75, 3.05) is 36.9 Å². The minimum atomic E-state index is -1.32. The standard InChI is InChI=1S/C15H30O2S2Si.C13H26OS2Si/c1-6-20(7-2,8-3)15(18-10-9-11-19-15)12-14(4)17-13-16-5;1-5-17(6-2,7-3)13(11-12(4)14)15-9-8-10-16-13/h4,6-13H2,1-3,5H3;5-11H2,1-4H3. The molecule has 0 aromatic carbocycles. The number of rotatable bonds is 15. The molecule has 2 fully saturated rings. The molecule has 0 atom stereocenters. The fourth-order valence-electron chi connectivity index (χ4n) is 6.24. The number of carbonyl (C=O) groups excluding carboxylic acids is 1. The molecular formula is C28H56O3S4Si2. The van der Waals surface area contributed by atoms with Crippen LogP contribution in [0, 0.1) is 0 Å². The summed E-state index contributed by atoms with van der Waals surface area (Å²) in [4.78, 5) is 11.7. The number of ether oxygens (including phenoxy) is 2. The van der Waals surface area contributed by atoms with Crippen LogP contribution < -0.4 is 0 Å². The maximum atomic E-state index is 11.7. The van der Waals surface area contributed by atoms with Crippen LogP contribution in [0.3, 0.4) is 0 Å². The highest BCUT2D eigenvalue weighted by molar-refractivity contribution is 8.21. The Morgan fingerprint density at radius 3 is 1.38 bits per heavy atom. The summed E-state index contributed by atoms with van der Waals surface area (Å²) in [5, 5.41) is 0. The van der Waals surface area contributed by atoms with Gasteiger partial charge in [-0.2, -0.15) is 0 Å². The highest BCUT2D eigenvalue weighted by Gasteiger charge is 2.53. The Labute approximate surface area is 249 Å². The van der Waals surface area contributed by atoms with Gasteiger partial charge < -0.3 is 9.47 Å². The summed E-state index contributed by atoms with van der Waals surface area (Å²) >= 11 is 8.64. The van der Waals surface area contributed by atoms with Gasteiger partial charge >= 0.3 is 0 Å². The Morgan fingerprint density at radius 1 is 0.730 bits per heavy atom. The van der Waals surface area contributed by atoms with Crippen LogP contribution in [-0.4, -0.2) is 66.2 Å². The lowest BCUT2D eigenvalue weighted by molar-refractivity contribution is -0.116. The number of hydrogen-bond donors (Lipinski definition) is 0. The number of Topliss-reactive ketones (excluding diaryl/α,β-unsaturated/α-hetero) is 1. The molecule has 3 nitrogen and oxygen atoms in total. The molecule has 37 heavy (non-hydrogen) atoms. The molecule has 9 heteroatoms. The molecular weight excluding hydrogens is 569 g/mol. The van der Waals surface area contributed by atoms with Crippen LogP contribution in [0.2, 0.25) is 36.3 Å². The van der Waals surface area contributed by atoms with Gasteiger partial charge in [-0.05, 0) is 42.8 Å². The zero-order chi connectivity index (χ0) is 28.0. The van der Waals surface area contributed by atoms with Gasteiger partial charge in [-0.1, -0.05) is 84.4 Å². The Balaban J connectivity index is 0.000000375. The third-order valence-corrected chi connectivity index (χ3v) is 33.4. The van der Waals surface area contributed by atoms with E-state index < -0.39 is 16.1 Å². The lowest BCUT2D eigenvalue weighted by Gasteiger charge is -2.50. The first-order chi connectivity index (χ1) is 17.6. The summed E-state index contributed by atoms with van der Waals surface area (Å²) in [6, 6.07) is 8.06. The first kappa shape index (κ1) is 36.0. The fourth-order valence-corrected chi connectivity index (χ4v) is 30.6. The monoisotopic (exact) mass is 624 g/mol. The van der Waals surface area contributed by atoms with E-state index in [1.807, 2.05) is 0 Å². The van der Waals surface area contributed by atoms with Crippen LogP contribution in [0.15, 0.2) is 12.3 Å². The van der Waals surface area contributed by atoms with Gasteiger partial charge in [0.05, 0.1) is 29.3 Å². The molecule has 0 N–H and O–H groups in total. The molecule has 0 aromatic rings. The van der Waals surface area contributed by atoms with Crippen molar-refractivity contribution in [2.45, 2.75) is 118 Å². The van der Waals surface area contributed by atoms with E-state index in [-0.39, 0.29) is 3.70 Å². The topological polar surface area (TPSA) is 35.5 Å². The Morgan fingerprint density at radius 2 is 1.08 bits per heavy atom. The van der Waals surface area contributed by atoms with E-state index in [2.05, 4.69) is 95.2 Å². The smallest absolute Gasteiger partial charge is 0.188 e. The number of thioether (sulfide) groups is 4. The lowest BCUT2D eigenvalue weighted by Crippen LogP contribution is -2.55. The van der Waals surface area contributed by atoms with E-state index in [1.165, 1.54) is 72.1 Å². The van der Waals surface area contributed by atoms with E-state index in [0.717, 1.165) is 18.6 Å². The molecule has 2 aliphatic heterocycles. The van der Waals surface area contributed by atoms with E-state index in [0.29, 0.717) is 16.3 Å². The molecule has 2 saturated heterocycles. The van der Waals surface area contributed by atoms with Crippen LogP contribution in [0.4, 0.5) is 0 Å². The number of hydrogen-bond acceptors (Lipinski definition) is 7. The normalized spacial score (nSPS) is 19.5. The maximum absolute atomic E-state index is 11.7. The quantitative estimate of drug-likeness (QED) is 0.102. The van der Waals surface area contributed by atoms with Crippen molar-refractivity contribution in [3.63, 3.8) is 0 Å². The molecule has 0 aromatic heterocycles. The zero-order valence-electron chi connectivity index (χ0n) is 25.2. The first-order valence-corrected chi connectivity index (χ1v) is 23.7. The Bertz CT molecular complexity index is 656. The average molecular weight is 625 g/mol. The number of methoxy groups -OCH3 is 1. The SMILES string of the molecule is C=C(CC1([Si](CC)(CC)CC)SCCCS1)OCOC.CC[Si](CC)(CC)C1(CC(C)=O)SCCCS1. The summed E-state index contributed by atoms with van der Waals surface area (Å²) < 4.78 is 11.3. The highest BCUT2D eigenvalue weighted by Crippen LogP contribution is 2.56. The third-order valence-electron chi connectivity index (χ3n) is 8.89. The first-order valence-electron chi connectivity index (χ1n) is 14.5. The summed E-state index contributed by atoms with van der Waals surface area (Å²) in [5.41, 5.74) is 0. The predicted octanol–water partition coefficient (Wildman–Crippen LogP) is 9.70. The van der Waals surface area contributed by atoms with Crippen LogP contribution in [0.25, 0.3) is 0 Å². The van der Waals surface area contributed by atoms with Crippen molar-refractivity contribution >= 4 is 69.0 Å². The summed E-state index contributed by atoms with van der Waals surface area (Å²) in [6.45, 7) is 20.5. The number of carbonyl (C=O) groups is 1. The van der Waals surface area contributed by atoms with E-state index in [1.54, 1.807) is 14.0 Å². The molecule has 2 heterocycles. The van der Waals surface area contributed by atoms with Crippen molar-refractivity contribution < 1.29 is 14.3 Å². The summed E-state index contributed by atoms with van der Waals surface area (Å²) in [6.07, 6.45) is 4.46. The van der Waals surface area contributed by atoms with E-state index in [9.17, 15) is 4.79 Å². The molecule has 0 saturated carbocycles. The minimum Gasteiger partial charge on any atom is -0.472 e. The second kappa shape index (κ2) is 17.7. The van der Waals surface area contributed by atoms with Crippen LogP contribution in [0.1, 0.15) is 74.1 Å². The second-order valence-electron chi connectivity index (χ2n) is 10.4. The molecule has 0 amide bonds. The molecule has 218 valence electrons. The Hall–Kier alpha value is 1.00. The van der Waals surface area contributed by atoms with Gasteiger partial charge in [0.2, 0.25) is 0 Å². The largest absolute Gasteiger partial charge is 0.472 e. The molecule has 0 aliphatic carbocycles. The Kier molecular flexibility index (Phi) is 17.3. The molecule has 0 bridgehead atoms. The summed E-state index contributed by atoms with van der Waals surface area (Å²) in [5.74, 6) is 6.39. The van der Waals surface area contributed by atoms with Gasteiger partial charge in [-0.3, -0.25) is 4.79 Å². The predicted molar refractivity (Wildman–Crippen MR) is 181 cm³/mol. The van der Waals surface area contributed by atoms with Gasteiger partial charge in [-0.25, -0.2) is 0 Å².